The van der Waals surface area contributed by atoms with E-state index in [1.165, 1.54) is 42.5 Å². The summed E-state index contributed by atoms with van der Waals surface area (Å²) in [4.78, 5) is 14.2. The molecule has 0 aliphatic carbocycles. The summed E-state index contributed by atoms with van der Waals surface area (Å²) in [7, 11) is -2.05. The van der Waals surface area contributed by atoms with Gasteiger partial charge in [0.2, 0.25) is 15.9 Å². The zero-order chi connectivity index (χ0) is 24.1. The minimum absolute atomic E-state index is 0.0406. The molecule has 7 nitrogen and oxygen atoms in total. The van der Waals surface area contributed by atoms with Crippen molar-refractivity contribution in [1.29, 1.82) is 0 Å². The van der Waals surface area contributed by atoms with Crippen LogP contribution in [0.2, 0.25) is 0 Å². The first-order chi connectivity index (χ1) is 14.8. The van der Waals surface area contributed by atoms with E-state index in [0.29, 0.717) is 5.69 Å². The molecule has 0 spiro atoms. The number of amides is 1. The van der Waals surface area contributed by atoms with E-state index < -0.39 is 28.3 Å². The van der Waals surface area contributed by atoms with Crippen LogP contribution in [0.5, 0.6) is 5.75 Å². The largest absolute Gasteiger partial charge is 0.573 e. The molecule has 1 unspecified atom stereocenters. The number of hydrogen-bond donors (Lipinski definition) is 2. The Morgan fingerprint density at radius 3 is 2.22 bits per heavy atom. The molecule has 0 fully saturated rings. The number of anilines is 1. The number of sulfonamides is 1. The molecule has 0 heterocycles. The highest BCUT2D eigenvalue weighted by molar-refractivity contribution is 7.89. The molecule has 2 rings (SSSR count). The van der Waals surface area contributed by atoms with Gasteiger partial charge in [0.15, 0.2) is 0 Å². The van der Waals surface area contributed by atoms with Crippen molar-refractivity contribution in [3.8, 4) is 5.75 Å². The molecular formula is C21H26F3N3O4S. The van der Waals surface area contributed by atoms with Crippen molar-refractivity contribution >= 4 is 21.6 Å². The van der Waals surface area contributed by atoms with Crippen LogP contribution in [0.4, 0.5) is 18.9 Å². The maximum absolute atomic E-state index is 12.6. The van der Waals surface area contributed by atoms with Crippen LogP contribution in [0.1, 0.15) is 26.3 Å². The number of nitrogens with one attached hydrogen (secondary N) is 2. The highest BCUT2D eigenvalue weighted by Gasteiger charge is 2.32. The van der Waals surface area contributed by atoms with Crippen molar-refractivity contribution in [2.45, 2.75) is 50.7 Å². The van der Waals surface area contributed by atoms with Crippen LogP contribution in [0.3, 0.4) is 0 Å². The second-order valence-electron chi connectivity index (χ2n) is 7.54. The van der Waals surface area contributed by atoms with Crippen molar-refractivity contribution in [1.82, 2.24) is 9.62 Å². The molecule has 176 valence electrons. The Balaban J connectivity index is 2.04. The van der Waals surface area contributed by atoms with Gasteiger partial charge in [-0.3, -0.25) is 9.69 Å². The van der Waals surface area contributed by atoms with Gasteiger partial charge in [0.05, 0.1) is 10.9 Å². The number of hydrogen-bond acceptors (Lipinski definition) is 5. The lowest BCUT2D eigenvalue weighted by atomic mass is 10.1. The van der Waals surface area contributed by atoms with Crippen LogP contribution in [-0.2, 0) is 21.4 Å². The van der Waals surface area contributed by atoms with Crippen LogP contribution in [0, 0.1) is 0 Å². The molecule has 2 N–H and O–H groups in total. The second-order valence-corrected chi connectivity index (χ2v) is 9.25. The van der Waals surface area contributed by atoms with E-state index in [4.69, 9.17) is 0 Å². The van der Waals surface area contributed by atoms with E-state index in [1.807, 2.05) is 0 Å². The normalized spacial score (nSPS) is 13.3. The molecule has 0 aliphatic heterocycles. The molecule has 0 aromatic heterocycles. The summed E-state index contributed by atoms with van der Waals surface area (Å²) in [6.45, 7) is 5.06. The van der Waals surface area contributed by atoms with Crippen LogP contribution < -0.4 is 14.8 Å². The van der Waals surface area contributed by atoms with Gasteiger partial charge in [-0.15, -0.1) is 13.2 Å². The summed E-state index contributed by atoms with van der Waals surface area (Å²) in [6, 6.07) is 10.4. The maximum Gasteiger partial charge on any atom is 0.573 e. The summed E-state index contributed by atoms with van der Waals surface area (Å²) in [6.07, 6.45) is -4.82. The number of alkyl halides is 3. The summed E-state index contributed by atoms with van der Waals surface area (Å²) >= 11 is 0. The standard InChI is InChI=1S/C21H26F3N3O4S/c1-14(2)26-32(29,30)18-11-9-17(10-12-18)25-20(28)15(3)27(4)13-16-7-5-6-8-19(16)31-21(22,23)24/h5-12,14-15,26H,13H2,1-4H3,(H,25,28). The molecule has 11 heteroatoms. The third kappa shape index (κ3) is 7.50. The van der Waals surface area contributed by atoms with Gasteiger partial charge in [0.25, 0.3) is 0 Å². The molecule has 1 atom stereocenters. The Hall–Kier alpha value is -2.63. The van der Waals surface area contributed by atoms with Gasteiger partial charge < -0.3 is 10.1 Å². The number of halogens is 3. The highest BCUT2D eigenvalue weighted by atomic mass is 32.2. The molecule has 0 radical (unpaired) electrons. The third-order valence-electron chi connectivity index (χ3n) is 4.48. The summed E-state index contributed by atoms with van der Waals surface area (Å²) in [5.41, 5.74) is 0.665. The number of likely N-dealkylation sites (N-methyl/N-ethyl adjacent to an activating group) is 1. The first kappa shape index (κ1) is 25.6. The second kappa shape index (κ2) is 10.3. The van der Waals surface area contributed by atoms with Crippen LogP contribution >= 0.6 is 0 Å². The molecule has 0 bridgehead atoms. The van der Waals surface area contributed by atoms with E-state index in [9.17, 15) is 26.4 Å². The topological polar surface area (TPSA) is 87.7 Å². The third-order valence-corrected chi connectivity index (χ3v) is 6.16. The lowest BCUT2D eigenvalue weighted by Gasteiger charge is -2.25. The molecule has 0 saturated carbocycles. The summed E-state index contributed by atoms with van der Waals surface area (Å²) < 4.78 is 68.7. The van der Waals surface area contributed by atoms with E-state index in [0.717, 1.165) is 0 Å². The van der Waals surface area contributed by atoms with E-state index in [1.54, 1.807) is 38.8 Å². The Labute approximate surface area is 185 Å². The highest BCUT2D eigenvalue weighted by Crippen LogP contribution is 2.27. The number of para-hydroxylation sites is 1. The first-order valence-corrected chi connectivity index (χ1v) is 11.2. The maximum atomic E-state index is 12.6. The smallest absolute Gasteiger partial charge is 0.405 e. The van der Waals surface area contributed by atoms with Crippen molar-refractivity contribution in [2.75, 3.05) is 12.4 Å². The number of carbonyl (C=O) groups excluding carboxylic acids is 1. The molecule has 2 aromatic rings. The number of ether oxygens (including phenoxy) is 1. The Morgan fingerprint density at radius 2 is 1.66 bits per heavy atom. The van der Waals surface area contributed by atoms with Gasteiger partial charge in [0, 0.05) is 23.8 Å². The quantitative estimate of drug-likeness (QED) is 0.580. The molecule has 1 amide bonds. The van der Waals surface area contributed by atoms with Crippen molar-refractivity contribution in [3.05, 3.63) is 54.1 Å². The van der Waals surface area contributed by atoms with Crippen molar-refractivity contribution in [2.24, 2.45) is 0 Å². The SMILES string of the molecule is CC(C)NS(=O)(=O)c1ccc(NC(=O)C(C)N(C)Cc2ccccc2OC(F)(F)F)cc1. The van der Waals surface area contributed by atoms with Gasteiger partial charge in [0.1, 0.15) is 5.75 Å². The number of benzene rings is 2. The van der Waals surface area contributed by atoms with Crippen LogP contribution in [-0.4, -0.2) is 44.7 Å². The fraction of sp³-hybridized carbons (Fsp3) is 0.381. The zero-order valence-electron chi connectivity index (χ0n) is 18.1. The van der Waals surface area contributed by atoms with E-state index in [-0.39, 0.29) is 28.8 Å². The minimum Gasteiger partial charge on any atom is -0.405 e. The number of carbonyl (C=O) groups is 1. The van der Waals surface area contributed by atoms with E-state index in [2.05, 4.69) is 14.8 Å². The predicted molar refractivity (Wildman–Crippen MR) is 115 cm³/mol. The van der Waals surface area contributed by atoms with Gasteiger partial charge >= 0.3 is 6.36 Å². The fourth-order valence-electron chi connectivity index (χ4n) is 2.81. The van der Waals surface area contributed by atoms with Gasteiger partial charge in [-0.2, -0.15) is 0 Å². The monoisotopic (exact) mass is 473 g/mol. The van der Waals surface area contributed by atoms with Gasteiger partial charge in [-0.25, -0.2) is 13.1 Å². The predicted octanol–water partition coefficient (Wildman–Crippen LogP) is 3.73. The molecule has 32 heavy (non-hydrogen) atoms. The van der Waals surface area contributed by atoms with Crippen molar-refractivity contribution in [3.63, 3.8) is 0 Å². The average Bonchev–Trinajstić information content (AvgIpc) is 2.67. The summed E-state index contributed by atoms with van der Waals surface area (Å²) in [5.74, 6) is -0.733. The Kier molecular flexibility index (Phi) is 8.27. The van der Waals surface area contributed by atoms with Gasteiger partial charge in [-0.1, -0.05) is 18.2 Å². The van der Waals surface area contributed by atoms with Crippen LogP contribution in [0.25, 0.3) is 0 Å². The molecule has 0 saturated heterocycles. The number of rotatable bonds is 9. The molecular weight excluding hydrogens is 447 g/mol. The van der Waals surface area contributed by atoms with E-state index >= 15 is 0 Å². The molecule has 0 aliphatic rings. The Bertz CT molecular complexity index is 1030. The summed E-state index contributed by atoms with van der Waals surface area (Å²) in [5, 5.41) is 2.67. The van der Waals surface area contributed by atoms with Crippen LogP contribution in [0.15, 0.2) is 53.4 Å². The average molecular weight is 474 g/mol. The number of nitrogens with zero attached hydrogens (tertiary/aromatic N) is 1. The molecule has 2 aromatic carbocycles. The fourth-order valence-corrected chi connectivity index (χ4v) is 4.06. The Morgan fingerprint density at radius 1 is 1.06 bits per heavy atom. The zero-order valence-corrected chi connectivity index (χ0v) is 18.9. The lowest BCUT2D eigenvalue weighted by Crippen LogP contribution is -2.39. The lowest BCUT2D eigenvalue weighted by molar-refractivity contribution is -0.275. The van der Waals surface area contributed by atoms with Crippen molar-refractivity contribution < 1.29 is 31.1 Å². The minimum atomic E-state index is -4.82. The first-order valence-electron chi connectivity index (χ1n) is 9.75. The van der Waals surface area contributed by atoms with Gasteiger partial charge in [-0.05, 0) is 58.2 Å².